The molecule has 0 fully saturated rings. The third kappa shape index (κ3) is 5.17. The van der Waals surface area contributed by atoms with Crippen molar-refractivity contribution in [2.75, 3.05) is 0 Å². The van der Waals surface area contributed by atoms with Gasteiger partial charge in [-0.15, -0.1) is 0 Å². The SMILES string of the molecule is c1ccc(-c2ccccc2-n2c3ccc(-n4c5ccccc5c5ccccc54)cc3c3cc([Si](c4ccccc4)(c4ccccc4)c4ccccc4)ccc32)cc1. The predicted molar refractivity (Wildman–Crippen MR) is 244 cm³/mol. The molecule has 3 heteroatoms. The maximum absolute atomic E-state index is 2.79. The second-order valence-electron chi connectivity index (χ2n) is 14.9. The van der Waals surface area contributed by atoms with Crippen LogP contribution in [-0.4, -0.2) is 17.2 Å². The molecule has 11 aromatic rings. The first-order valence-corrected chi connectivity index (χ1v) is 21.7. The van der Waals surface area contributed by atoms with Gasteiger partial charge < -0.3 is 9.13 Å². The summed E-state index contributed by atoms with van der Waals surface area (Å²) in [6.07, 6.45) is 0. The molecule has 2 nitrogen and oxygen atoms in total. The molecule has 0 atom stereocenters. The molecule has 0 radical (unpaired) electrons. The summed E-state index contributed by atoms with van der Waals surface area (Å²) in [6.45, 7) is 0. The van der Waals surface area contributed by atoms with E-state index in [1.165, 1.54) is 81.2 Å². The fraction of sp³-hybridized carbons (Fsp3) is 0. The minimum absolute atomic E-state index is 1.15. The lowest BCUT2D eigenvalue weighted by molar-refractivity contribution is 1.17. The molecule has 0 aliphatic carbocycles. The largest absolute Gasteiger partial charge is 0.309 e. The molecule has 268 valence electrons. The molecule has 0 aliphatic rings. The van der Waals surface area contributed by atoms with Crippen LogP contribution in [0.3, 0.4) is 0 Å². The molecule has 0 spiro atoms. The zero-order chi connectivity index (χ0) is 37.8. The molecule has 0 N–H and O–H groups in total. The van der Waals surface area contributed by atoms with Crippen molar-refractivity contribution in [1.29, 1.82) is 0 Å². The van der Waals surface area contributed by atoms with Crippen molar-refractivity contribution in [3.05, 3.63) is 231 Å². The highest BCUT2D eigenvalue weighted by atomic mass is 28.3. The first-order chi connectivity index (χ1) is 28.3. The van der Waals surface area contributed by atoms with Gasteiger partial charge in [0.15, 0.2) is 8.07 Å². The van der Waals surface area contributed by atoms with Gasteiger partial charge in [0, 0.05) is 32.8 Å². The molecule has 0 unspecified atom stereocenters. The van der Waals surface area contributed by atoms with Crippen molar-refractivity contribution in [2.45, 2.75) is 0 Å². The van der Waals surface area contributed by atoms with Gasteiger partial charge >= 0.3 is 0 Å². The van der Waals surface area contributed by atoms with Crippen LogP contribution in [0, 0.1) is 0 Å². The Labute approximate surface area is 333 Å². The zero-order valence-electron chi connectivity index (χ0n) is 31.3. The number of rotatable bonds is 7. The van der Waals surface area contributed by atoms with Crippen molar-refractivity contribution in [1.82, 2.24) is 9.13 Å². The molecule has 11 rings (SSSR count). The Balaban J connectivity index is 1.26. The van der Waals surface area contributed by atoms with E-state index >= 15 is 0 Å². The van der Waals surface area contributed by atoms with Crippen LogP contribution in [0.15, 0.2) is 231 Å². The van der Waals surface area contributed by atoms with Gasteiger partial charge in [-0.2, -0.15) is 0 Å². The third-order valence-corrected chi connectivity index (χ3v) is 16.6. The summed E-state index contributed by atoms with van der Waals surface area (Å²) < 4.78 is 4.93. The minimum atomic E-state index is -2.79. The van der Waals surface area contributed by atoms with E-state index in [9.17, 15) is 0 Å². The lowest BCUT2D eigenvalue weighted by atomic mass is 10.0. The molecule has 0 bridgehead atoms. The summed E-state index contributed by atoms with van der Waals surface area (Å²) in [5, 5.41) is 10.5. The van der Waals surface area contributed by atoms with Crippen molar-refractivity contribution >= 4 is 72.4 Å². The highest BCUT2D eigenvalue weighted by Gasteiger charge is 2.41. The van der Waals surface area contributed by atoms with Gasteiger partial charge in [0.05, 0.1) is 27.8 Å². The first-order valence-electron chi connectivity index (χ1n) is 19.7. The number of aromatic nitrogens is 2. The Kier molecular flexibility index (Phi) is 7.87. The molecule has 0 saturated carbocycles. The topological polar surface area (TPSA) is 9.86 Å². The monoisotopic (exact) mass is 742 g/mol. The molecule has 2 aromatic heterocycles. The predicted octanol–water partition coefficient (Wildman–Crippen LogP) is 10.9. The average Bonchev–Trinajstić information content (AvgIpc) is 3.80. The van der Waals surface area contributed by atoms with E-state index in [0.717, 1.165) is 5.69 Å². The van der Waals surface area contributed by atoms with Crippen LogP contribution < -0.4 is 20.7 Å². The van der Waals surface area contributed by atoms with Crippen LogP contribution in [-0.2, 0) is 0 Å². The third-order valence-electron chi connectivity index (χ3n) is 11.9. The average molecular weight is 743 g/mol. The molecular formula is C54H38N2Si. The van der Waals surface area contributed by atoms with E-state index in [0.29, 0.717) is 0 Å². The molecule has 57 heavy (non-hydrogen) atoms. The van der Waals surface area contributed by atoms with Crippen LogP contribution >= 0.6 is 0 Å². The molecule has 0 aliphatic heterocycles. The number of hydrogen-bond acceptors (Lipinski definition) is 0. The lowest BCUT2D eigenvalue weighted by Crippen LogP contribution is -2.74. The summed E-state index contributed by atoms with van der Waals surface area (Å²) >= 11 is 0. The van der Waals surface area contributed by atoms with Crippen LogP contribution in [0.2, 0.25) is 0 Å². The molecule has 0 amide bonds. The summed E-state index contributed by atoms with van der Waals surface area (Å²) in [7, 11) is -2.79. The summed E-state index contributed by atoms with van der Waals surface area (Å²) in [5.41, 5.74) is 9.51. The molecule has 2 heterocycles. The first kappa shape index (κ1) is 33.2. The Morgan fingerprint density at radius 2 is 0.719 bits per heavy atom. The van der Waals surface area contributed by atoms with Crippen LogP contribution in [0.4, 0.5) is 0 Å². The number of hydrogen-bond donors (Lipinski definition) is 0. The number of nitrogens with zero attached hydrogens (tertiary/aromatic N) is 2. The Morgan fingerprint density at radius 3 is 1.30 bits per heavy atom. The van der Waals surface area contributed by atoms with Crippen molar-refractivity contribution in [3.8, 4) is 22.5 Å². The summed E-state index contributed by atoms with van der Waals surface area (Å²) in [5.74, 6) is 0. The van der Waals surface area contributed by atoms with E-state index in [4.69, 9.17) is 0 Å². The van der Waals surface area contributed by atoms with Gasteiger partial charge in [0.25, 0.3) is 0 Å². The van der Waals surface area contributed by atoms with E-state index in [-0.39, 0.29) is 0 Å². The van der Waals surface area contributed by atoms with Crippen LogP contribution in [0.1, 0.15) is 0 Å². The van der Waals surface area contributed by atoms with Crippen molar-refractivity contribution in [3.63, 3.8) is 0 Å². The van der Waals surface area contributed by atoms with Crippen molar-refractivity contribution < 1.29 is 0 Å². The number of benzene rings is 9. The minimum Gasteiger partial charge on any atom is -0.309 e. The standard InChI is InChI=1S/C54H38N2Si/c1-5-19-39(20-6-1)45-27-13-16-30-50(45)56-53-35-33-40(55-51-31-17-14-28-46(51)47-29-15-18-32-52(47)55)37-48(53)49-38-44(34-36-54(49)56)57(41-21-7-2-8-22-41,42-23-9-3-10-24-42)43-25-11-4-12-26-43/h1-38H. The second kappa shape index (κ2) is 13.5. The molecular weight excluding hydrogens is 705 g/mol. The maximum Gasteiger partial charge on any atom is 0.179 e. The summed E-state index contributed by atoms with van der Waals surface area (Å²) in [4.78, 5) is 0. The summed E-state index contributed by atoms with van der Waals surface area (Å²) in [6, 6.07) is 85.3. The Hall–Kier alpha value is -7.20. The quantitative estimate of drug-likeness (QED) is 0.114. The van der Waals surface area contributed by atoms with E-state index in [2.05, 4.69) is 240 Å². The van der Waals surface area contributed by atoms with E-state index in [1.807, 2.05) is 0 Å². The van der Waals surface area contributed by atoms with Crippen molar-refractivity contribution in [2.24, 2.45) is 0 Å². The highest BCUT2D eigenvalue weighted by Crippen LogP contribution is 2.39. The lowest BCUT2D eigenvalue weighted by Gasteiger charge is -2.34. The van der Waals surface area contributed by atoms with Crippen LogP contribution in [0.5, 0.6) is 0 Å². The number of para-hydroxylation sites is 3. The normalized spacial score (nSPS) is 11.9. The van der Waals surface area contributed by atoms with Gasteiger partial charge in [-0.05, 0) is 68.8 Å². The molecule has 9 aromatic carbocycles. The van der Waals surface area contributed by atoms with Gasteiger partial charge in [0.1, 0.15) is 0 Å². The Bertz CT molecular complexity index is 3070. The van der Waals surface area contributed by atoms with Gasteiger partial charge in [-0.25, -0.2) is 0 Å². The fourth-order valence-electron chi connectivity index (χ4n) is 9.44. The fourth-order valence-corrected chi connectivity index (χ4v) is 14.2. The molecule has 0 saturated heterocycles. The Morgan fingerprint density at radius 1 is 0.281 bits per heavy atom. The smallest absolute Gasteiger partial charge is 0.179 e. The zero-order valence-corrected chi connectivity index (χ0v) is 32.3. The van der Waals surface area contributed by atoms with Gasteiger partial charge in [-0.3, -0.25) is 0 Å². The van der Waals surface area contributed by atoms with Crippen LogP contribution in [0.25, 0.3) is 66.1 Å². The van der Waals surface area contributed by atoms with E-state index in [1.54, 1.807) is 0 Å². The second-order valence-corrected chi connectivity index (χ2v) is 18.7. The van der Waals surface area contributed by atoms with E-state index < -0.39 is 8.07 Å². The van der Waals surface area contributed by atoms with Gasteiger partial charge in [-0.1, -0.05) is 188 Å². The van der Waals surface area contributed by atoms with Gasteiger partial charge in [0.2, 0.25) is 0 Å². The highest BCUT2D eigenvalue weighted by molar-refractivity contribution is 7.20. The maximum atomic E-state index is 2.54. The number of fused-ring (bicyclic) bond motifs is 6.